The molecule has 4 nitrogen and oxygen atoms in total. The summed E-state index contributed by atoms with van der Waals surface area (Å²) >= 11 is 0. The Bertz CT molecular complexity index is 460. The van der Waals surface area contributed by atoms with Crippen molar-refractivity contribution in [3.8, 4) is 5.75 Å². The predicted molar refractivity (Wildman–Crippen MR) is 76.7 cm³/mol. The van der Waals surface area contributed by atoms with Gasteiger partial charge in [0.2, 0.25) is 0 Å². The van der Waals surface area contributed by atoms with E-state index < -0.39 is 0 Å². The van der Waals surface area contributed by atoms with Gasteiger partial charge < -0.3 is 15.0 Å². The number of nitrogens with zero attached hydrogens (tertiary/aromatic N) is 2. The van der Waals surface area contributed by atoms with Crippen LogP contribution in [0, 0.1) is 11.8 Å². The van der Waals surface area contributed by atoms with Crippen molar-refractivity contribution in [1.82, 2.24) is 10.3 Å². The van der Waals surface area contributed by atoms with Crippen LogP contribution in [-0.4, -0.2) is 36.8 Å². The first kappa shape index (κ1) is 12.7. The third kappa shape index (κ3) is 1.98. The lowest BCUT2D eigenvalue weighted by Crippen LogP contribution is -2.45. The van der Waals surface area contributed by atoms with Gasteiger partial charge in [-0.15, -0.1) is 0 Å². The first-order valence-electron chi connectivity index (χ1n) is 7.20. The molecule has 0 saturated carbocycles. The SMILES string of the molecule is CCOc1cccnc1N1CC2CNCC2C1(C)C. The molecule has 0 spiro atoms. The first-order chi connectivity index (χ1) is 9.14. The highest BCUT2D eigenvalue weighted by atomic mass is 16.5. The van der Waals surface area contributed by atoms with Gasteiger partial charge in [-0.3, -0.25) is 0 Å². The maximum atomic E-state index is 5.75. The van der Waals surface area contributed by atoms with E-state index in [1.165, 1.54) is 0 Å². The highest BCUT2D eigenvalue weighted by Crippen LogP contribution is 2.44. The molecule has 2 saturated heterocycles. The van der Waals surface area contributed by atoms with Crippen LogP contribution in [0.15, 0.2) is 18.3 Å². The molecule has 2 fully saturated rings. The third-order valence-corrected chi connectivity index (χ3v) is 4.67. The average molecular weight is 261 g/mol. The van der Waals surface area contributed by atoms with E-state index in [9.17, 15) is 0 Å². The summed E-state index contributed by atoms with van der Waals surface area (Å²) in [4.78, 5) is 7.02. The topological polar surface area (TPSA) is 37.4 Å². The number of fused-ring (bicyclic) bond motifs is 1. The van der Waals surface area contributed by atoms with Gasteiger partial charge in [0.1, 0.15) is 0 Å². The zero-order valence-electron chi connectivity index (χ0n) is 12.0. The Balaban J connectivity index is 1.94. The molecule has 1 aromatic heterocycles. The fourth-order valence-corrected chi connectivity index (χ4v) is 3.63. The lowest BCUT2D eigenvalue weighted by molar-refractivity contribution is 0.330. The van der Waals surface area contributed by atoms with Gasteiger partial charge in [0.15, 0.2) is 11.6 Å². The van der Waals surface area contributed by atoms with Crippen LogP contribution in [0.1, 0.15) is 20.8 Å². The minimum absolute atomic E-state index is 0.133. The van der Waals surface area contributed by atoms with Gasteiger partial charge in [0.05, 0.1) is 6.61 Å². The molecule has 1 N–H and O–H groups in total. The summed E-state index contributed by atoms with van der Waals surface area (Å²) in [6.45, 7) is 10.7. The molecule has 2 aliphatic rings. The normalized spacial score (nSPS) is 28.5. The molecule has 1 aromatic rings. The molecule has 4 heteroatoms. The Morgan fingerprint density at radius 1 is 1.47 bits per heavy atom. The van der Waals surface area contributed by atoms with Crippen molar-refractivity contribution >= 4 is 5.82 Å². The maximum Gasteiger partial charge on any atom is 0.171 e. The third-order valence-electron chi connectivity index (χ3n) is 4.67. The number of pyridine rings is 1. The van der Waals surface area contributed by atoms with Crippen molar-refractivity contribution in [2.45, 2.75) is 26.3 Å². The molecule has 0 aliphatic carbocycles. The Kier molecular flexibility index (Phi) is 3.13. The second-order valence-electron chi connectivity index (χ2n) is 6.05. The second kappa shape index (κ2) is 4.67. The highest BCUT2D eigenvalue weighted by Gasteiger charge is 2.50. The minimum atomic E-state index is 0.133. The largest absolute Gasteiger partial charge is 0.490 e. The van der Waals surface area contributed by atoms with Crippen LogP contribution in [0.2, 0.25) is 0 Å². The van der Waals surface area contributed by atoms with E-state index in [-0.39, 0.29) is 5.54 Å². The van der Waals surface area contributed by atoms with Crippen molar-refractivity contribution in [3.05, 3.63) is 18.3 Å². The van der Waals surface area contributed by atoms with Gasteiger partial charge in [0, 0.05) is 31.4 Å². The number of anilines is 1. The van der Waals surface area contributed by atoms with Crippen molar-refractivity contribution in [2.75, 3.05) is 31.1 Å². The number of hydrogen-bond donors (Lipinski definition) is 1. The Morgan fingerprint density at radius 2 is 2.32 bits per heavy atom. The molecule has 0 radical (unpaired) electrons. The van der Waals surface area contributed by atoms with Gasteiger partial charge in [-0.25, -0.2) is 4.98 Å². The zero-order chi connectivity index (χ0) is 13.5. The van der Waals surface area contributed by atoms with Gasteiger partial charge >= 0.3 is 0 Å². The molecule has 19 heavy (non-hydrogen) atoms. The summed E-state index contributed by atoms with van der Waals surface area (Å²) in [5.41, 5.74) is 0.133. The predicted octanol–water partition coefficient (Wildman–Crippen LogP) is 1.91. The fourth-order valence-electron chi connectivity index (χ4n) is 3.63. The fraction of sp³-hybridized carbons (Fsp3) is 0.667. The van der Waals surface area contributed by atoms with E-state index in [1.807, 2.05) is 25.3 Å². The van der Waals surface area contributed by atoms with Crippen LogP contribution in [0.4, 0.5) is 5.82 Å². The van der Waals surface area contributed by atoms with E-state index >= 15 is 0 Å². The van der Waals surface area contributed by atoms with Crippen LogP contribution >= 0.6 is 0 Å². The lowest BCUT2D eigenvalue weighted by atomic mass is 9.85. The van der Waals surface area contributed by atoms with Crippen LogP contribution in [-0.2, 0) is 0 Å². The molecule has 3 rings (SSSR count). The Labute approximate surface area is 115 Å². The molecule has 2 aliphatic heterocycles. The number of nitrogens with one attached hydrogen (secondary N) is 1. The quantitative estimate of drug-likeness (QED) is 0.902. The van der Waals surface area contributed by atoms with Gasteiger partial charge in [-0.05, 0) is 44.7 Å². The lowest BCUT2D eigenvalue weighted by Gasteiger charge is -2.37. The summed E-state index contributed by atoms with van der Waals surface area (Å²) < 4.78 is 5.75. The molecule has 0 bridgehead atoms. The molecule has 0 amide bonds. The van der Waals surface area contributed by atoms with Crippen molar-refractivity contribution in [1.29, 1.82) is 0 Å². The minimum Gasteiger partial charge on any atom is -0.490 e. The summed E-state index contributed by atoms with van der Waals surface area (Å²) in [7, 11) is 0. The van der Waals surface area contributed by atoms with Gasteiger partial charge in [-0.2, -0.15) is 0 Å². The molecular weight excluding hydrogens is 238 g/mol. The number of aromatic nitrogens is 1. The molecule has 104 valence electrons. The van der Waals surface area contributed by atoms with Crippen LogP contribution in [0.3, 0.4) is 0 Å². The standard InChI is InChI=1S/C15H23N3O/c1-4-19-13-6-5-7-17-14(13)18-10-11-8-16-9-12(11)15(18,2)3/h5-7,11-12,16H,4,8-10H2,1-3H3. The van der Waals surface area contributed by atoms with E-state index in [0.29, 0.717) is 12.5 Å². The van der Waals surface area contributed by atoms with Crippen molar-refractivity contribution in [2.24, 2.45) is 11.8 Å². The summed E-state index contributed by atoms with van der Waals surface area (Å²) in [5.74, 6) is 3.34. The average Bonchev–Trinajstić information content (AvgIpc) is 2.94. The molecular formula is C15H23N3O. The first-order valence-corrected chi connectivity index (χ1v) is 7.20. The van der Waals surface area contributed by atoms with E-state index in [0.717, 1.165) is 37.1 Å². The van der Waals surface area contributed by atoms with Crippen LogP contribution in [0.25, 0.3) is 0 Å². The van der Waals surface area contributed by atoms with Crippen molar-refractivity contribution in [3.63, 3.8) is 0 Å². The van der Waals surface area contributed by atoms with Crippen LogP contribution < -0.4 is 15.0 Å². The Morgan fingerprint density at radius 3 is 3.05 bits per heavy atom. The molecule has 3 heterocycles. The molecule has 2 unspecified atom stereocenters. The monoisotopic (exact) mass is 261 g/mol. The van der Waals surface area contributed by atoms with E-state index in [4.69, 9.17) is 4.74 Å². The maximum absolute atomic E-state index is 5.75. The molecule has 2 atom stereocenters. The number of ether oxygens (including phenoxy) is 1. The van der Waals surface area contributed by atoms with Crippen molar-refractivity contribution < 1.29 is 4.74 Å². The smallest absolute Gasteiger partial charge is 0.171 e. The van der Waals surface area contributed by atoms with E-state index in [2.05, 4.69) is 29.0 Å². The summed E-state index contributed by atoms with van der Waals surface area (Å²) in [6.07, 6.45) is 1.86. The molecule has 0 aromatic carbocycles. The number of hydrogen-bond acceptors (Lipinski definition) is 4. The zero-order valence-corrected chi connectivity index (χ0v) is 12.0. The summed E-state index contributed by atoms with van der Waals surface area (Å²) in [6, 6.07) is 3.97. The number of rotatable bonds is 3. The Hall–Kier alpha value is -1.29. The highest BCUT2D eigenvalue weighted by molar-refractivity contribution is 5.55. The van der Waals surface area contributed by atoms with Gasteiger partial charge in [0.25, 0.3) is 0 Å². The van der Waals surface area contributed by atoms with E-state index in [1.54, 1.807) is 0 Å². The second-order valence-corrected chi connectivity index (χ2v) is 6.05. The summed E-state index contributed by atoms with van der Waals surface area (Å²) in [5, 5.41) is 3.51. The van der Waals surface area contributed by atoms with Crippen LogP contribution in [0.5, 0.6) is 5.75 Å². The van der Waals surface area contributed by atoms with Gasteiger partial charge in [-0.1, -0.05) is 0 Å².